The van der Waals surface area contributed by atoms with Crippen LogP contribution >= 0.6 is 0 Å². The Kier molecular flexibility index (Phi) is 2.47. The summed E-state index contributed by atoms with van der Waals surface area (Å²) in [6.45, 7) is 0. The summed E-state index contributed by atoms with van der Waals surface area (Å²) in [5.74, 6) is -0.471. The number of fused-ring (bicyclic) bond motifs is 1. The topological polar surface area (TPSA) is 66.8 Å². The molecule has 0 amide bonds. The van der Waals surface area contributed by atoms with Crippen LogP contribution in [0.4, 0.5) is 0 Å². The normalized spacial score (nSPS) is 20.4. The van der Waals surface area contributed by atoms with Gasteiger partial charge in [0, 0.05) is 12.0 Å². The van der Waals surface area contributed by atoms with Crippen molar-refractivity contribution in [1.82, 2.24) is 0 Å². The van der Waals surface area contributed by atoms with E-state index in [0.717, 1.165) is 25.7 Å². The molecule has 0 atom stereocenters. The van der Waals surface area contributed by atoms with Gasteiger partial charge in [-0.15, -0.1) is 0 Å². The predicted octanol–water partition coefficient (Wildman–Crippen LogP) is 2.73. The van der Waals surface area contributed by atoms with Gasteiger partial charge in [-0.25, -0.2) is 4.79 Å². The van der Waals surface area contributed by atoms with Crippen molar-refractivity contribution in [3.8, 4) is 11.5 Å². The van der Waals surface area contributed by atoms with Crippen LogP contribution in [-0.2, 0) is 6.42 Å². The number of carbonyl (C=O) groups is 1. The van der Waals surface area contributed by atoms with E-state index in [9.17, 15) is 9.90 Å². The number of ether oxygens (including phenoxy) is 1. The van der Waals surface area contributed by atoms with Gasteiger partial charge >= 0.3 is 5.97 Å². The number of phenolic OH excluding ortho intramolecular Hbond substituents is 1. The lowest BCUT2D eigenvalue weighted by Gasteiger charge is -2.32. The second-order valence-corrected chi connectivity index (χ2v) is 5.27. The molecule has 4 heteroatoms. The van der Waals surface area contributed by atoms with Crippen molar-refractivity contribution in [1.29, 1.82) is 0 Å². The molecule has 4 nitrogen and oxygen atoms in total. The summed E-state index contributed by atoms with van der Waals surface area (Å²) >= 11 is 0. The van der Waals surface area contributed by atoms with E-state index in [2.05, 4.69) is 0 Å². The van der Waals surface area contributed by atoms with Gasteiger partial charge in [0.25, 0.3) is 0 Å². The van der Waals surface area contributed by atoms with Crippen molar-refractivity contribution in [3.05, 3.63) is 23.3 Å². The maximum absolute atomic E-state index is 11.2. The smallest absolute Gasteiger partial charge is 0.339 e. The fraction of sp³-hybridized carbons (Fsp3) is 0.500. The van der Waals surface area contributed by atoms with Crippen LogP contribution in [0.5, 0.6) is 11.5 Å². The number of aromatic hydroxyl groups is 1. The fourth-order valence-corrected chi connectivity index (χ4v) is 3.12. The van der Waals surface area contributed by atoms with E-state index in [0.29, 0.717) is 17.7 Å². The van der Waals surface area contributed by atoms with Crippen LogP contribution < -0.4 is 4.74 Å². The summed E-state index contributed by atoms with van der Waals surface area (Å²) in [6.07, 6.45) is 5.95. The number of benzene rings is 1. The van der Waals surface area contributed by atoms with Crippen LogP contribution in [0.1, 0.15) is 48.0 Å². The third-order valence-corrected chi connectivity index (χ3v) is 4.05. The molecule has 0 radical (unpaired) electrons. The maximum Gasteiger partial charge on any atom is 0.339 e. The SMILES string of the molecule is O=C(O)c1ccc(O)c2c1OC1(CCCCC1)C2. The zero-order chi connectivity index (χ0) is 12.8. The third kappa shape index (κ3) is 1.64. The first kappa shape index (κ1) is 11.4. The van der Waals surface area contributed by atoms with Crippen LogP contribution in [0.2, 0.25) is 0 Å². The van der Waals surface area contributed by atoms with E-state index in [1.807, 2.05) is 0 Å². The number of carboxylic acids is 1. The van der Waals surface area contributed by atoms with Crippen molar-refractivity contribution in [2.45, 2.75) is 44.1 Å². The predicted molar refractivity (Wildman–Crippen MR) is 65.2 cm³/mol. The first-order chi connectivity index (χ1) is 8.61. The second kappa shape index (κ2) is 3.90. The van der Waals surface area contributed by atoms with Gasteiger partial charge in [-0.3, -0.25) is 0 Å². The molecule has 1 aliphatic heterocycles. The van der Waals surface area contributed by atoms with Crippen LogP contribution in [0, 0.1) is 0 Å². The number of aromatic carboxylic acids is 1. The standard InChI is InChI=1S/C14H16O4/c15-11-5-4-9(13(16)17)12-10(11)8-14(18-12)6-2-1-3-7-14/h4-5,15H,1-3,6-8H2,(H,16,17). The molecule has 1 fully saturated rings. The van der Waals surface area contributed by atoms with Crippen molar-refractivity contribution in [2.75, 3.05) is 0 Å². The highest BCUT2D eigenvalue weighted by Gasteiger charge is 2.43. The summed E-state index contributed by atoms with van der Waals surface area (Å²) in [5, 5.41) is 19.0. The monoisotopic (exact) mass is 248 g/mol. The van der Waals surface area contributed by atoms with E-state index in [-0.39, 0.29) is 16.9 Å². The number of hydrogen-bond donors (Lipinski definition) is 2. The zero-order valence-corrected chi connectivity index (χ0v) is 10.1. The molecule has 1 heterocycles. The molecule has 1 aromatic carbocycles. The molecular weight excluding hydrogens is 232 g/mol. The van der Waals surface area contributed by atoms with Crippen molar-refractivity contribution < 1.29 is 19.7 Å². The van der Waals surface area contributed by atoms with Gasteiger partial charge in [0.1, 0.15) is 22.7 Å². The lowest BCUT2D eigenvalue weighted by atomic mass is 9.82. The van der Waals surface area contributed by atoms with Gasteiger partial charge in [0.15, 0.2) is 0 Å². The molecule has 0 aromatic heterocycles. The highest BCUT2D eigenvalue weighted by Crippen LogP contribution is 2.47. The molecular formula is C14H16O4. The summed E-state index contributed by atoms with van der Waals surface area (Å²) in [6, 6.07) is 2.87. The minimum atomic E-state index is -1.00. The number of phenols is 1. The Bertz CT molecular complexity index is 501. The number of hydrogen-bond acceptors (Lipinski definition) is 3. The zero-order valence-electron chi connectivity index (χ0n) is 10.1. The molecule has 96 valence electrons. The Morgan fingerprint density at radius 2 is 1.94 bits per heavy atom. The average molecular weight is 248 g/mol. The molecule has 2 aliphatic rings. The van der Waals surface area contributed by atoms with Crippen LogP contribution in [-0.4, -0.2) is 21.8 Å². The highest BCUT2D eigenvalue weighted by molar-refractivity contribution is 5.92. The maximum atomic E-state index is 11.2. The van der Waals surface area contributed by atoms with Gasteiger partial charge in [-0.1, -0.05) is 6.42 Å². The van der Waals surface area contributed by atoms with Crippen LogP contribution in [0.15, 0.2) is 12.1 Å². The van der Waals surface area contributed by atoms with Gasteiger partial charge in [-0.05, 0) is 37.8 Å². The molecule has 2 N–H and O–H groups in total. The van der Waals surface area contributed by atoms with Gasteiger partial charge in [0.2, 0.25) is 0 Å². The molecule has 0 bridgehead atoms. The van der Waals surface area contributed by atoms with Gasteiger partial charge in [-0.2, -0.15) is 0 Å². The molecule has 0 saturated heterocycles. The van der Waals surface area contributed by atoms with Gasteiger partial charge in [0.05, 0.1) is 0 Å². The van der Waals surface area contributed by atoms with Crippen molar-refractivity contribution >= 4 is 5.97 Å². The summed E-state index contributed by atoms with van der Waals surface area (Å²) in [5.41, 5.74) is 0.547. The Morgan fingerprint density at radius 3 is 2.61 bits per heavy atom. The minimum absolute atomic E-state index is 0.150. The van der Waals surface area contributed by atoms with E-state index in [1.54, 1.807) is 0 Å². The van der Waals surface area contributed by atoms with E-state index >= 15 is 0 Å². The second-order valence-electron chi connectivity index (χ2n) is 5.27. The Balaban J connectivity index is 2.03. The third-order valence-electron chi connectivity index (χ3n) is 4.05. The van der Waals surface area contributed by atoms with E-state index in [4.69, 9.17) is 9.84 Å². The van der Waals surface area contributed by atoms with E-state index in [1.165, 1.54) is 18.6 Å². The quantitative estimate of drug-likeness (QED) is 0.802. The molecule has 1 saturated carbocycles. The Morgan fingerprint density at radius 1 is 1.22 bits per heavy atom. The lowest BCUT2D eigenvalue weighted by molar-refractivity contribution is 0.0496. The minimum Gasteiger partial charge on any atom is -0.508 e. The number of carboxylic acid groups (broad SMARTS) is 1. The molecule has 3 rings (SSSR count). The van der Waals surface area contributed by atoms with Gasteiger partial charge < -0.3 is 14.9 Å². The molecule has 1 aromatic rings. The Hall–Kier alpha value is -1.71. The van der Waals surface area contributed by atoms with Crippen LogP contribution in [0.3, 0.4) is 0 Å². The summed E-state index contributed by atoms with van der Waals surface area (Å²) in [4.78, 5) is 11.2. The first-order valence-corrected chi connectivity index (χ1v) is 6.38. The Labute approximate surface area is 105 Å². The van der Waals surface area contributed by atoms with E-state index < -0.39 is 5.97 Å². The lowest BCUT2D eigenvalue weighted by Crippen LogP contribution is -2.36. The summed E-state index contributed by atoms with van der Waals surface area (Å²) < 4.78 is 5.97. The molecule has 18 heavy (non-hydrogen) atoms. The molecule has 1 spiro atoms. The first-order valence-electron chi connectivity index (χ1n) is 6.38. The highest BCUT2D eigenvalue weighted by atomic mass is 16.5. The fourth-order valence-electron chi connectivity index (χ4n) is 3.12. The van der Waals surface area contributed by atoms with Crippen molar-refractivity contribution in [3.63, 3.8) is 0 Å². The van der Waals surface area contributed by atoms with Crippen molar-refractivity contribution in [2.24, 2.45) is 0 Å². The average Bonchev–Trinajstić information content (AvgIpc) is 2.70. The number of rotatable bonds is 1. The molecule has 0 unspecified atom stereocenters. The molecule has 1 aliphatic carbocycles. The largest absolute Gasteiger partial charge is 0.508 e. The summed E-state index contributed by atoms with van der Waals surface area (Å²) in [7, 11) is 0. The van der Waals surface area contributed by atoms with Crippen LogP contribution in [0.25, 0.3) is 0 Å².